The largest absolute Gasteiger partial charge is 0.483 e. The lowest BCUT2D eigenvalue weighted by Crippen LogP contribution is -2.65. The first-order chi connectivity index (χ1) is 7.46. The van der Waals surface area contributed by atoms with Crippen LogP contribution in [-0.2, 0) is 4.65 Å². The van der Waals surface area contributed by atoms with E-state index in [2.05, 4.69) is 20.4 Å². The summed E-state index contributed by atoms with van der Waals surface area (Å²) in [5.41, 5.74) is -0.340. The Kier molecular flexibility index (Phi) is 2.93. The van der Waals surface area contributed by atoms with Gasteiger partial charge in [0.1, 0.15) is 0 Å². The normalized spacial score (nSPS) is 40.0. The molecule has 90 valence electrons. The summed E-state index contributed by atoms with van der Waals surface area (Å²) >= 11 is 0. The Morgan fingerprint density at radius 3 is 2.69 bits per heavy atom. The number of fused-ring (bicyclic) bond motifs is 2. The van der Waals surface area contributed by atoms with E-state index in [4.69, 9.17) is 4.65 Å². The van der Waals surface area contributed by atoms with Crippen molar-refractivity contribution in [3.8, 4) is 0 Å². The van der Waals surface area contributed by atoms with Crippen molar-refractivity contribution in [3.63, 3.8) is 0 Å². The standard InChI is InChI=1S/C12H21BO3/c1-4-13(15)16-12(8-14)6-5-9-7-10(12)11(9,2)3/h4,9-10,14-15H,1,5-8H2,2-3H3/t9-,10-,12-/m1/s1. The van der Waals surface area contributed by atoms with Gasteiger partial charge in [0.05, 0.1) is 12.2 Å². The molecule has 0 radical (unpaired) electrons. The monoisotopic (exact) mass is 224 g/mol. The van der Waals surface area contributed by atoms with Gasteiger partial charge in [0.15, 0.2) is 0 Å². The zero-order valence-electron chi connectivity index (χ0n) is 10.1. The zero-order chi connectivity index (χ0) is 12.0. The second-order valence-corrected chi connectivity index (χ2v) is 5.81. The van der Waals surface area contributed by atoms with Gasteiger partial charge >= 0.3 is 7.12 Å². The summed E-state index contributed by atoms with van der Waals surface area (Å²) < 4.78 is 5.65. The van der Waals surface area contributed by atoms with E-state index in [1.807, 2.05) is 0 Å². The van der Waals surface area contributed by atoms with E-state index in [-0.39, 0.29) is 12.0 Å². The summed E-state index contributed by atoms with van der Waals surface area (Å²) in [5.74, 6) is 2.47. The number of aliphatic hydroxyl groups is 1. The average Bonchev–Trinajstić information content (AvgIpc) is 2.28. The van der Waals surface area contributed by atoms with Gasteiger partial charge in [-0.3, -0.25) is 0 Å². The summed E-state index contributed by atoms with van der Waals surface area (Å²) in [5, 5.41) is 19.2. The van der Waals surface area contributed by atoms with Gasteiger partial charge in [-0.2, -0.15) is 0 Å². The molecule has 2 N–H and O–H groups in total. The Morgan fingerprint density at radius 1 is 1.56 bits per heavy atom. The SMILES string of the molecule is C=CB(O)O[C@@]1(CO)CC[C@@H]2C[C@@H]1C2(C)C. The Balaban J connectivity index is 2.17. The molecule has 0 aromatic rings. The molecule has 16 heavy (non-hydrogen) atoms. The molecule has 0 amide bonds. The van der Waals surface area contributed by atoms with Gasteiger partial charge < -0.3 is 14.8 Å². The third-order valence-corrected chi connectivity index (χ3v) is 4.85. The third-order valence-electron chi connectivity index (χ3n) is 4.85. The van der Waals surface area contributed by atoms with E-state index in [1.54, 1.807) is 0 Å². The molecule has 3 nitrogen and oxygen atoms in total. The highest BCUT2D eigenvalue weighted by molar-refractivity contribution is 6.49. The summed E-state index contributed by atoms with van der Waals surface area (Å²) in [6.45, 7) is 7.96. The average molecular weight is 224 g/mol. The highest BCUT2D eigenvalue weighted by Crippen LogP contribution is 2.63. The highest BCUT2D eigenvalue weighted by Gasteiger charge is 2.61. The van der Waals surface area contributed by atoms with Gasteiger partial charge in [-0.15, -0.1) is 6.58 Å². The van der Waals surface area contributed by atoms with Crippen molar-refractivity contribution in [2.45, 2.75) is 38.7 Å². The fraction of sp³-hybridized carbons (Fsp3) is 0.833. The molecule has 0 aliphatic heterocycles. The van der Waals surface area contributed by atoms with Crippen LogP contribution in [0.15, 0.2) is 12.6 Å². The first kappa shape index (κ1) is 12.2. The quantitative estimate of drug-likeness (QED) is 0.709. The summed E-state index contributed by atoms with van der Waals surface area (Å²) in [6.07, 6.45) is 3.03. The number of rotatable bonds is 4. The Morgan fingerprint density at radius 2 is 2.25 bits per heavy atom. The van der Waals surface area contributed by atoms with E-state index in [1.165, 1.54) is 5.98 Å². The lowest BCUT2D eigenvalue weighted by atomic mass is 9.44. The minimum absolute atomic E-state index is 0.0152. The lowest BCUT2D eigenvalue weighted by Gasteiger charge is -2.64. The van der Waals surface area contributed by atoms with Crippen molar-refractivity contribution in [2.75, 3.05) is 6.61 Å². The van der Waals surface area contributed by atoms with Crippen LogP contribution < -0.4 is 0 Å². The number of hydrogen-bond acceptors (Lipinski definition) is 3. The van der Waals surface area contributed by atoms with Crippen LogP contribution in [-0.4, -0.2) is 29.5 Å². The molecule has 3 rings (SSSR count). The Bertz CT molecular complexity index is 290. The topological polar surface area (TPSA) is 49.7 Å². The Labute approximate surface area is 97.6 Å². The molecule has 0 saturated heterocycles. The van der Waals surface area contributed by atoms with E-state index >= 15 is 0 Å². The van der Waals surface area contributed by atoms with Gasteiger partial charge in [0.25, 0.3) is 0 Å². The summed E-state index contributed by atoms with van der Waals surface area (Å²) in [7, 11) is -0.972. The van der Waals surface area contributed by atoms with E-state index < -0.39 is 12.7 Å². The molecule has 0 spiro atoms. The van der Waals surface area contributed by atoms with Crippen molar-refractivity contribution in [2.24, 2.45) is 17.3 Å². The predicted molar refractivity (Wildman–Crippen MR) is 63.7 cm³/mol. The molecule has 0 heterocycles. The minimum Gasteiger partial charge on any atom is -0.423 e. The molecular formula is C12H21BO3. The first-order valence-corrected chi connectivity index (χ1v) is 6.05. The minimum atomic E-state index is -0.972. The molecule has 0 unspecified atom stereocenters. The van der Waals surface area contributed by atoms with Crippen molar-refractivity contribution >= 4 is 7.12 Å². The second-order valence-electron chi connectivity index (χ2n) is 5.81. The molecule has 0 aromatic heterocycles. The zero-order valence-corrected chi connectivity index (χ0v) is 10.1. The number of hydrogen-bond donors (Lipinski definition) is 2. The third kappa shape index (κ3) is 1.55. The second kappa shape index (κ2) is 3.86. The maximum absolute atomic E-state index is 9.64. The van der Waals surface area contributed by atoms with Crippen LogP contribution in [0.5, 0.6) is 0 Å². The van der Waals surface area contributed by atoms with Crippen LogP contribution in [0.3, 0.4) is 0 Å². The van der Waals surface area contributed by atoms with Crippen molar-refractivity contribution in [1.29, 1.82) is 0 Å². The fourth-order valence-corrected chi connectivity index (χ4v) is 3.65. The highest BCUT2D eigenvalue weighted by atomic mass is 16.5. The van der Waals surface area contributed by atoms with Crippen molar-refractivity contribution in [3.05, 3.63) is 12.6 Å². The molecule has 3 fully saturated rings. The van der Waals surface area contributed by atoms with Gasteiger partial charge in [0.2, 0.25) is 0 Å². The van der Waals surface area contributed by atoms with Gasteiger partial charge in [-0.1, -0.05) is 19.8 Å². The van der Waals surface area contributed by atoms with Gasteiger partial charge in [0, 0.05) is 0 Å². The molecule has 2 bridgehead atoms. The molecular weight excluding hydrogens is 203 g/mol. The van der Waals surface area contributed by atoms with Gasteiger partial charge in [-0.25, -0.2) is 0 Å². The molecule has 3 aliphatic carbocycles. The maximum atomic E-state index is 9.64. The van der Waals surface area contributed by atoms with Crippen LogP contribution in [0.25, 0.3) is 0 Å². The summed E-state index contributed by atoms with van der Waals surface area (Å²) in [6, 6.07) is 0. The van der Waals surface area contributed by atoms with Crippen molar-refractivity contribution < 1.29 is 14.8 Å². The van der Waals surface area contributed by atoms with Gasteiger partial charge in [-0.05, 0) is 36.5 Å². The van der Waals surface area contributed by atoms with E-state index in [0.717, 1.165) is 25.2 Å². The van der Waals surface area contributed by atoms with Crippen LogP contribution in [0.2, 0.25) is 0 Å². The van der Waals surface area contributed by atoms with E-state index in [0.29, 0.717) is 5.92 Å². The van der Waals surface area contributed by atoms with Crippen LogP contribution in [0, 0.1) is 17.3 Å². The molecule has 4 heteroatoms. The van der Waals surface area contributed by atoms with E-state index in [9.17, 15) is 10.1 Å². The summed E-state index contributed by atoms with van der Waals surface area (Å²) in [4.78, 5) is 0. The van der Waals surface area contributed by atoms with Crippen LogP contribution >= 0.6 is 0 Å². The predicted octanol–water partition coefficient (Wildman–Crippen LogP) is 1.40. The lowest BCUT2D eigenvalue weighted by molar-refractivity contribution is -0.208. The first-order valence-electron chi connectivity index (χ1n) is 6.05. The van der Waals surface area contributed by atoms with Crippen LogP contribution in [0.4, 0.5) is 0 Å². The fourth-order valence-electron chi connectivity index (χ4n) is 3.65. The smallest absolute Gasteiger partial charge is 0.423 e. The molecule has 3 saturated carbocycles. The van der Waals surface area contributed by atoms with Crippen molar-refractivity contribution in [1.82, 2.24) is 0 Å². The number of aliphatic hydroxyl groups excluding tert-OH is 1. The Hall–Kier alpha value is -0.315. The maximum Gasteiger partial charge on any atom is 0.483 e. The molecule has 3 aliphatic rings. The molecule has 0 aromatic carbocycles. The van der Waals surface area contributed by atoms with Crippen LogP contribution in [0.1, 0.15) is 33.1 Å². The molecule has 3 atom stereocenters.